The quantitative estimate of drug-likeness (QED) is 0.186. The van der Waals surface area contributed by atoms with Crippen LogP contribution < -0.4 is 4.90 Å². The number of aromatic nitrogens is 6. The number of carbonyl (C=O) groups excluding carboxylic acids is 4. The molecule has 1 amide bonds. The standard InChI is InChI=1S/C26H25FN8O5/c1-2-40-20(37)6-5-19(36)16-4-3-7-28-24(16)33-10-12-34(13-11-33)26(39)23(38)17-14-29-22-21(17)18(27)15-30-25(22)35-9-8-31-32-35/h3-4,7-9,14-15,29H,2,5-6,10-13H2,1H3. The lowest BCUT2D eigenvalue weighted by Gasteiger charge is -2.35. The van der Waals surface area contributed by atoms with Crippen LogP contribution in [-0.4, -0.2) is 91.1 Å². The Hall–Kier alpha value is -5.01. The van der Waals surface area contributed by atoms with Crippen LogP contribution in [-0.2, 0) is 14.3 Å². The second-order valence-corrected chi connectivity index (χ2v) is 8.94. The molecule has 40 heavy (non-hydrogen) atoms. The first-order valence-corrected chi connectivity index (χ1v) is 12.6. The summed E-state index contributed by atoms with van der Waals surface area (Å²) >= 11 is 0. The summed E-state index contributed by atoms with van der Waals surface area (Å²) in [4.78, 5) is 65.3. The van der Waals surface area contributed by atoms with Crippen LogP contribution in [0.5, 0.6) is 0 Å². The third-order valence-corrected chi connectivity index (χ3v) is 6.54. The van der Waals surface area contributed by atoms with Gasteiger partial charge in [-0.1, -0.05) is 5.21 Å². The normalized spacial score (nSPS) is 13.4. The molecule has 5 rings (SSSR count). The van der Waals surface area contributed by atoms with Gasteiger partial charge in [0.2, 0.25) is 0 Å². The Morgan fingerprint density at radius 3 is 2.55 bits per heavy atom. The molecule has 5 heterocycles. The van der Waals surface area contributed by atoms with Crippen molar-refractivity contribution < 1.29 is 28.3 Å². The van der Waals surface area contributed by atoms with Crippen molar-refractivity contribution in [3.05, 3.63) is 60.1 Å². The van der Waals surface area contributed by atoms with E-state index in [1.165, 1.54) is 28.2 Å². The molecule has 0 saturated carbocycles. The summed E-state index contributed by atoms with van der Waals surface area (Å²) in [5.74, 6) is -2.40. The summed E-state index contributed by atoms with van der Waals surface area (Å²) in [6, 6.07) is 3.29. The smallest absolute Gasteiger partial charge is 0.306 e. The fraction of sp³-hybridized carbons (Fsp3) is 0.308. The highest BCUT2D eigenvalue weighted by atomic mass is 19.1. The van der Waals surface area contributed by atoms with Crippen molar-refractivity contribution in [1.29, 1.82) is 0 Å². The Morgan fingerprint density at radius 1 is 1.02 bits per heavy atom. The molecule has 0 spiro atoms. The van der Waals surface area contributed by atoms with Gasteiger partial charge in [0.25, 0.3) is 11.7 Å². The number of piperazine rings is 1. The Kier molecular flexibility index (Phi) is 7.57. The Bertz CT molecular complexity index is 1580. The molecular formula is C26H25FN8O5. The number of H-pyrrole nitrogens is 1. The third-order valence-electron chi connectivity index (χ3n) is 6.54. The summed E-state index contributed by atoms with van der Waals surface area (Å²) in [5.41, 5.74) is 0.471. The van der Waals surface area contributed by atoms with Crippen molar-refractivity contribution >= 4 is 40.2 Å². The van der Waals surface area contributed by atoms with E-state index >= 15 is 0 Å². The van der Waals surface area contributed by atoms with Crippen LogP contribution in [0.1, 0.15) is 40.5 Å². The van der Waals surface area contributed by atoms with Crippen LogP contribution in [0.2, 0.25) is 0 Å². The lowest BCUT2D eigenvalue weighted by molar-refractivity contribution is -0.143. The predicted octanol–water partition coefficient (Wildman–Crippen LogP) is 1.74. The van der Waals surface area contributed by atoms with E-state index in [0.717, 1.165) is 6.20 Å². The number of carbonyl (C=O) groups is 4. The van der Waals surface area contributed by atoms with Crippen LogP contribution in [0.15, 0.2) is 43.1 Å². The van der Waals surface area contributed by atoms with E-state index in [4.69, 9.17) is 4.74 Å². The van der Waals surface area contributed by atoms with Crippen LogP contribution in [0, 0.1) is 5.82 Å². The van der Waals surface area contributed by atoms with Gasteiger partial charge in [0.05, 0.1) is 53.6 Å². The number of nitrogens with one attached hydrogen (secondary N) is 1. The zero-order valence-corrected chi connectivity index (χ0v) is 21.5. The molecule has 0 bridgehead atoms. The predicted molar refractivity (Wildman–Crippen MR) is 139 cm³/mol. The monoisotopic (exact) mass is 548 g/mol. The van der Waals surface area contributed by atoms with Gasteiger partial charge < -0.3 is 19.5 Å². The number of esters is 1. The van der Waals surface area contributed by atoms with Gasteiger partial charge in [0.1, 0.15) is 5.82 Å². The van der Waals surface area contributed by atoms with E-state index < -0.39 is 23.5 Å². The largest absolute Gasteiger partial charge is 0.466 e. The maximum atomic E-state index is 14.8. The van der Waals surface area contributed by atoms with Gasteiger partial charge in [-0.05, 0) is 19.1 Å². The highest BCUT2D eigenvalue weighted by Crippen LogP contribution is 2.27. The number of ether oxygens (including phenoxy) is 1. The molecule has 0 aromatic carbocycles. The molecule has 4 aromatic rings. The summed E-state index contributed by atoms with van der Waals surface area (Å²) in [6.45, 7) is 2.95. The number of amides is 1. The van der Waals surface area contributed by atoms with E-state index in [9.17, 15) is 23.6 Å². The average molecular weight is 549 g/mol. The van der Waals surface area contributed by atoms with Gasteiger partial charge in [-0.3, -0.25) is 19.2 Å². The second-order valence-electron chi connectivity index (χ2n) is 8.94. The summed E-state index contributed by atoms with van der Waals surface area (Å²) in [5, 5.41) is 7.51. The summed E-state index contributed by atoms with van der Waals surface area (Å²) in [7, 11) is 0. The number of nitrogens with zero attached hydrogens (tertiary/aromatic N) is 7. The van der Waals surface area contributed by atoms with E-state index in [0.29, 0.717) is 24.5 Å². The van der Waals surface area contributed by atoms with Gasteiger partial charge in [-0.15, -0.1) is 5.10 Å². The summed E-state index contributed by atoms with van der Waals surface area (Å²) in [6.07, 6.45) is 6.72. The molecule has 1 fully saturated rings. The first-order chi connectivity index (χ1) is 19.4. The molecule has 0 radical (unpaired) electrons. The Labute approximate surface area is 226 Å². The fourth-order valence-electron chi connectivity index (χ4n) is 4.60. The van der Waals surface area contributed by atoms with E-state index in [1.807, 2.05) is 4.90 Å². The molecule has 13 nitrogen and oxygen atoms in total. The number of fused-ring (bicyclic) bond motifs is 1. The number of hydrogen-bond acceptors (Lipinski definition) is 10. The molecule has 0 atom stereocenters. The topological polar surface area (TPSA) is 156 Å². The SMILES string of the molecule is CCOC(=O)CCC(=O)c1cccnc1N1CCN(C(=O)C(=O)c2c[nH]c3c(-n4ccnn4)ncc(F)c23)CC1. The number of rotatable bonds is 9. The van der Waals surface area contributed by atoms with Gasteiger partial charge in [-0.2, -0.15) is 0 Å². The van der Waals surface area contributed by atoms with Crippen molar-refractivity contribution in [2.45, 2.75) is 19.8 Å². The van der Waals surface area contributed by atoms with Crippen molar-refractivity contribution in [1.82, 2.24) is 34.8 Å². The molecule has 1 saturated heterocycles. The average Bonchev–Trinajstić information content (AvgIpc) is 3.67. The molecule has 14 heteroatoms. The van der Waals surface area contributed by atoms with Crippen LogP contribution >= 0.6 is 0 Å². The maximum Gasteiger partial charge on any atom is 0.306 e. The van der Waals surface area contributed by atoms with E-state index in [2.05, 4.69) is 25.3 Å². The molecule has 1 N–H and O–H groups in total. The van der Waals surface area contributed by atoms with E-state index in [-0.39, 0.29) is 60.6 Å². The minimum Gasteiger partial charge on any atom is -0.466 e. The van der Waals surface area contributed by atoms with Crippen molar-refractivity contribution in [2.75, 3.05) is 37.7 Å². The van der Waals surface area contributed by atoms with E-state index in [1.54, 1.807) is 25.3 Å². The lowest BCUT2D eigenvalue weighted by Crippen LogP contribution is -2.51. The van der Waals surface area contributed by atoms with Crippen LogP contribution in [0.4, 0.5) is 10.2 Å². The van der Waals surface area contributed by atoms with Crippen molar-refractivity contribution in [2.24, 2.45) is 0 Å². The highest BCUT2D eigenvalue weighted by molar-refractivity contribution is 6.45. The van der Waals surface area contributed by atoms with Crippen LogP contribution in [0.25, 0.3) is 16.7 Å². The minimum absolute atomic E-state index is 0.0141. The van der Waals surface area contributed by atoms with Crippen molar-refractivity contribution in [3.63, 3.8) is 0 Å². The fourth-order valence-corrected chi connectivity index (χ4v) is 4.60. The summed E-state index contributed by atoms with van der Waals surface area (Å²) < 4.78 is 21.0. The minimum atomic E-state index is -0.859. The van der Waals surface area contributed by atoms with Gasteiger partial charge in [0, 0.05) is 45.0 Å². The zero-order chi connectivity index (χ0) is 28.2. The zero-order valence-electron chi connectivity index (χ0n) is 21.5. The molecule has 1 aliphatic rings. The van der Waals surface area contributed by atoms with Gasteiger partial charge in [0.15, 0.2) is 17.4 Å². The number of Topliss-reactive ketones (excluding diaryl/α,β-unsaturated/α-hetero) is 2. The number of ketones is 2. The molecule has 0 unspecified atom stereocenters. The van der Waals surface area contributed by atoms with Gasteiger partial charge in [-0.25, -0.2) is 19.0 Å². The highest BCUT2D eigenvalue weighted by Gasteiger charge is 2.31. The lowest BCUT2D eigenvalue weighted by atomic mass is 10.1. The molecule has 1 aliphatic heterocycles. The number of anilines is 1. The number of pyridine rings is 2. The number of halogens is 1. The molecular weight excluding hydrogens is 523 g/mol. The van der Waals surface area contributed by atoms with Crippen molar-refractivity contribution in [3.8, 4) is 5.82 Å². The molecule has 206 valence electrons. The third kappa shape index (κ3) is 5.15. The first kappa shape index (κ1) is 26.6. The van der Waals surface area contributed by atoms with Crippen LogP contribution in [0.3, 0.4) is 0 Å². The molecule has 4 aromatic heterocycles. The Balaban J connectivity index is 1.28. The Morgan fingerprint density at radius 2 is 1.82 bits per heavy atom. The number of aromatic amines is 1. The number of hydrogen-bond donors (Lipinski definition) is 1. The van der Waals surface area contributed by atoms with Gasteiger partial charge >= 0.3 is 5.97 Å². The maximum absolute atomic E-state index is 14.8. The second kappa shape index (κ2) is 11.4. The first-order valence-electron chi connectivity index (χ1n) is 12.6. The molecule has 0 aliphatic carbocycles.